The molecule has 1 saturated heterocycles. The van der Waals surface area contributed by atoms with E-state index in [2.05, 4.69) is 0 Å². The van der Waals surface area contributed by atoms with Crippen molar-refractivity contribution < 1.29 is 4.19 Å². The fraction of sp³-hybridized carbons (Fsp3) is 0.429. The molecule has 0 aromatic rings. The van der Waals surface area contributed by atoms with Crippen molar-refractivity contribution in [3.63, 3.8) is 0 Å². The zero-order valence-corrected chi connectivity index (χ0v) is 4.99. The van der Waals surface area contributed by atoms with E-state index in [0.717, 1.165) is 23.0 Å². The molecule has 48 valence electrons. The molecule has 0 bridgehead atoms. The quantitative estimate of drug-likeness (QED) is 0.494. The summed E-state index contributed by atoms with van der Waals surface area (Å²) < 4.78 is 22.4. The Morgan fingerprint density at radius 2 is 2.89 bits per heavy atom. The Morgan fingerprint density at radius 1 is 1.89 bits per heavy atom. The molecule has 0 radical (unpaired) electrons. The van der Waals surface area contributed by atoms with Gasteiger partial charge in [-0.05, 0) is 12.5 Å². The van der Waals surface area contributed by atoms with Gasteiger partial charge >= 0.3 is 0 Å². The molecule has 2 unspecified atom stereocenters. The fourth-order valence-corrected chi connectivity index (χ4v) is 1.06. The van der Waals surface area contributed by atoms with Crippen LogP contribution in [0, 0.1) is 5.92 Å². The van der Waals surface area contributed by atoms with E-state index in [-0.39, 0.29) is 5.92 Å². The van der Waals surface area contributed by atoms with Gasteiger partial charge in [0.15, 0.2) is 1.41 Å². The van der Waals surface area contributed by atoms with E-state index in [9.17, 15) is 0 Å². The summed E-state index contributed by atoms with van der Waals surface area (Å²) in [5.41, 5.74) is 2.64. The van der Waals surface area contributed by atoms with E-state index < -0.39 is 6.52 Å². The lowest BCUT2D eigenvalue weighted by Gasteiger charge is -2.08. The van der Waals surface area contributed by atoms with E-state index in [0.29, 0.717) is 0 Å². The Bertz CT molecular complexity index is 251. The first-order valence-corrected chi connectivity index (χ1v) is 3.08. The Balaban J connectivity index is 2.31. The topological polar surface area (TPSA) is 24.1 Å². The summed E-state index contributed by atoms with van der Waals surface area (Å²) in [6.07, 6.45) is 6.42. The van der Waals surface area contributed by atoms with Crippen LogP contribution in [-0.4, -0.2) is 6.52 Å². The monoisotopic (exact) mass is 125 g/mol. The molecular weight excluding hydrogens is 112 g/mol. The maximum atomic E-state index is 7.60. The van der Waals surface area contributed by atoms with Crippen LogP contribution < -0.4 is 10.8 Å². The number of allylic oxidation sites excluding steroid dienone is 3. The number of hydrogen-bond acceptors (Lipinski definition) is 2. The number of nitrogens with one attached hydrogen (secondary N) is 2. The average molecular weight is 125 g/mol. The molecule has 0 aromatic carbocycles. The molecule has 0 spiro atoms. The molecule has 9 heavy (non-hydrogen) atoms. The van der Waals surface area contributed by atoms with Crippen molar-refractivity contribution >= 4 is 0 Å². The maximum absolute atomic E-state index is 7.60. The second-order valence-electron chi connectivity index (χ2n) is 2.23. The van der Waals surface area contributed by atoms with Crippen molar-refractivity contribution in [2.24, 2.45) is 5.92 Å². The molecule has 0 amide bonds. The summed E-state index contributed by atoms with van der Waals surface area (Å²) in [7, 11) is 0. The third-order valence-electron chi connectivity index (χ3n) is 1.59. The van der Waals surface area contributed by atoms with E-state index in [1.165, 1.54) is 0 Å². The highest BCUT2D eigenvalue weighted by Gasteiger charge is 2.19. The van der Waals surface area contributed by atoms with Crippen LogP contribution >= 0.6 is 0 Å². The van der Waals surface area contributed by atoms with Crippen LogP contribution in [0.1, 0.15) is 7.79 Å². The highest BCUT2D eigenvalue weighted by atomic mass is 15.4. The van der Waals surface area contributed by atoms with Gasteiger partial charge in [-0.3, -0.25) is 0 Å². The minimum atomic E-state index is -0.626. The molecule has 2 aliphatic rings. The van der Waals surface area contributed by atoms with Crippen molar-refractivity contribution in [1.29, 1.82) is 0 Å². The van der Waals surface area contributed by atoms with E-state index >= 15 is 0 Å². The second-order valence-corrected chi connectivity index (χ2v) is 2.23. The van der Waals surface area contributed by atoms with Gasteiger partial charge < -0.3 is 5.42 Å². The van der Waals surface area contributed by atoms with Crippen LogP contribution in [0.15, 0.2) is 23.9 Å². The molecule has 1 heterocycles. The SMILES string of the molecule is [2H]C1C2CC=CC=C2N([2H])N1[2H]. The van der Waals surface area contributed by atoms with Gasteiger partial charge in [-0.25, -0.2) is 5.42 Å². The van der Waals surface area contributed by atoms with E-state index in [4.69, 9.17) is 4.19 Å². The predicted octanol–water partition coefficient (Wildman–Crippen LogP) is 0.554. The summed E-state index contributed by atoms with van der Waals surface area (Å²) in [5, 5.41) is 0. The van der Waals surface area contributed by atoms with Crippen molar-refractivity contribution in [3.05, 3.63) is 23.9 Å². The first-order valence-electron chi connectivity index (χ1n) is 4.55. The Labute approximate surface area is 58.9 Å². The van der Waals surface area contributed by atoms with Crippen molar-refractivity contribution in [2.75, 3.05) is 6.52 Å². The first-order chi connectivity index (χ1) is 5.72. The minimum Gasteiger partial charge on any atom is -0.325 e. The van der Waals surface area contributed by atoms with Crippen LogP contribution in [0.3, 0.4) is 0 Å². The highest BCUT2D eigenvalue weighted by molar-refractivity contribution is 5.21. The van der Waals surface area contributed by atoms with Crippen LogP contribution in [0.2, 0.25) is 2.82 Å². The van der Waals surface area contributed by atoms with Gasteiger partial charge in [0.25, 0.3) is 0 Å². The lowest BCUT2D eigenvalue weighted by Crippen LogP contribution is -2.20. The zero-order valence-electron chi connectivity index (χ0n) is 7.99. The molecule has 0 saturated carbocycles. The number of rotatable bonds is 0. The fourth-order valence-electron chi connectivity index (χ4n) is 1.06. The average Bonchev–Trinajstić information content (AvgIpc) is 2.33. The third kappa shape index (κ3) is 0.754. The minimum absolute atomic E-state index is 0.00463. The van der Waals surface area contributed by atoms with E-state index in [1.807, 2.05) is 12.2 Å². The third-order valence-corrected chi connectivity index (χ3v) is 1.59. The standard InChI is InChI=1S/C7H10N2/c1-2-4-7-6(3-1)5-8-9-7/h1-2,4,6,8-9H,3,5H2/i5D/hD2. The Hall–Kier alpha value is -0.760. The molecule has 1 aliphatic heterocycles. The molecule has 2 N–H and O–H groups in total. The van der Waals surface area contributed by atoms with Crippen molar-refractivity contribution in [1.82, 2.24) is 10.8 Å². The second kappa shape index (κ2) is 1.88. The molecule has 1 aliphatic carbocycles. The zero-order chi connectivity index (χ0) is 8.72. The van der Waals surface area contributed by atoms with Crippen LogP contribution in [0.25, 0.3) is 0 Å². The highest BCUT2D eigenvalue weighted by Crippen LogP contribution is 2.19. The lowest BCUT2D eigenvalue weighted by atomic mass is 9.99. The lowest BCUT2D eigenvalue weighted by molar-refractivity contribution is 0.651. The first kappa shape index (κ1) is 2.88. The Morgan fingerprint density at radius 3 is 3.78 bits per heavy atom. The van der Waals surface area contributed by atoms with E-state index in [1.54, 1.807) is 6.08 Å². The molecular formula is C7H10N2. The summed E-state index contributed by atoms with van der Waals surface area (Å²) in [5.74, 6) is 0.00463. The largest absolute Gasteiger partial charge is 0.325 e. The number of hydrogen-bond donors (Lipinski definition) is 2. The van der Waals surface area contributed by atoms with Crippen LogP contribution in [0.4, 0.5) is 0 Å². The molecule has 2 atom stereocenters. The molecule has 0 aromatic heterocycles. The van der Waals surface area contributed by atoms with Gasteiger partial charge in [0.05, 0.1) is 0 Å². The van der Waals surface area contributed by atoms with Gasteiger partial charge in [-0.15, -0.1) is 0 Å². The van der Waals surface area contributed by atoms with Crippen molar-refractivity contribution in [2.45, 2.75) is 6.42 Å². The number of fused-ring (bicyclic) bond motifs is 1. The van der Waals surface area contributed by atoms with Gasteiger partial charge in [-0.1, -0.05) is 12.2 Å². The molecule has 1 fully saturated rings. The summed E-state index contributed by atoms with van der Waals surface area (Å²) in [6, 6.07) is 0. The summed E-state index contributed by atoms with van der Waals surface area (Å²) >= 11 is 0. The van der Waals surface area contributed by atoms with Gasteiger partial charge in [0, 0.05) is 19.5 Å². The number of hydrazine groups is 1. The molecule has 2 nitrogen and oxygen atoms in total. The normalized spacial score (nSPS) is 47.3. The van der Waals surface area contributed by atoms with Gasteiger partial charge in [-0.2, -0.15) is 0 Å². The van der Waals surface area contributed by atoms with Gasteiger partial charge in [0.2, 0.25) is 0 Å². The predicted molar refractivity (Wildman–Crippen MR) is 36.5 cm³/mol. The van der Waals surface area contributed by atoms with Crippen LogP contribution in [0.5, 0.6) is 0 Å². The smallest absolute Gasteiger partial charge is 0.181 e. The summed E-state index contributed by atoms with van der Waals surface area (Å²) in [6.45, 7) is -0.626. The molecule has 2 heteroatoms. The Kier molecular flexibility index (Phi) is 0.603. The maximum Gasteiger partial charge on any atom is 0.181 e. The van der Waals surface area contributed by atoms with Crippen molar-refractivity contribution in [3.8, 4) is 0 Å². The summed E-state index contributed by atoms with van der Waals surface area (Å²) in [4.78, 5) is 0. The van der Waals surface area contributed by atoms with Gasteiger partial charge in [0.1, 0.15) is 1.41 Å². The molecule has 2 rings (SSSR count). The van der Waals surface area contributed by atoms with Crippen LogP contribution in [-0.2, 0) is 0 Å².